The maximum atomic E-state index is 12.8. The second-order valence-electron chi connectivity index (χ2n) is 4.80. The first-order valence-electron chi connectivity index (χ1n) is 6.10. The van der Waals surface area contributed by atoms with E-state index in [1.54, 1.807) is 0 Å². The summed E-state index contributed by atoms with van der Waals surface area (Å²) < 4.78 is 43.8. The van der Waals surface area contributed by atoms with Gasteiger partial charge in [0, 0.05) is 20.1 Å². The molecule has 1 heterocycles. The molecule has 0 amide bonds. The first kappa shape index (κ1) is 14.9. The maximum Gasteiger partial charge on any atom is 0.219 e. The summed E-state index contributed by atoms with van der Waals surface area (Å²) >= 11 is 0. The van der Waals surface area contributed by atoms with Gasteiger partial charge >= 0.3 is 0 Å². The van der Waals surface area contributed by atoms with Crippen molar-refractivity contribution < 1.29 is 17.5 Å². The minimum Gasteiger partial charge on any atom is -0.378 e. The summed E-state index contributed by atoms with van der Waals surface area (Å²) in [6.07, 6.45) is 0.350. The molecule has 1 aliphatic heterocycles. The predicted molar refractivity (Wildman–Crippen MR) is 70.6 cm³/mol. The number of nitriles is 1. The van der Waals surface area contributed by atoms with Gasteiger partial charge in [-0.2, -0.15) is 9.57 Å². The highest BCUT2D eigenvalue weighted by atomic mass is 32.2. The Balaban J connectivity index is 2.22. The number of likely N-dealkylation sites (N-methyl/N-ethyl adjacent to an activating group) is 1. The first-order chi connectivity index (χ1) is 9.39. The van der Waals surface area contributed by atoms with Gasteiger partial charge in [-0.25, -0.2) is 12.8 Å². The number of hydrogen-bond donors (Lipinski definition) is 0. The van der Waals surface area contributed by atoms with Crippen molar-refractivity contribution in [3.63, 3.8) is 0 Å². The SMILES string of the molecule is CN([C@]1(C#N)CCOC1)S(=O)(=O)Cc1ccc(F)cc1. The van der Waals surface area contributed by atoms with Crippen LogP contribution in [0.4, 0.5) is 4.39 Å². The lowest BCUT2D eigenvalue weighted by atomic mass is 10.0. The summed E-state index contributed by atoms with van der Waals surface area (Å²) in [6.45, 7) is 0.437. The van der Waals surface area contributed by atoms with Crippen LogP contribution in [0, 0.1) is 17.1 Å². The fraction of sp³-hybridized carbons (Fsp3) is 0.462. The van der Waals surface area contributed by atoms with Crippen molar-refractivity contribution in [1.29, 1.82) is 5.26 Å². The van der Waals surface area contributed by atoms with E-state index in [1.807, 2.05) is 6.07 Å². The van der Waals surface area contributed by atoms with Crippen molar-refractivity contribution in [2.75, 3.05) is 20.3 Å². The summed E-state index contributed by atoms with van der Waals surface area (Å²) in [4.78, 5) is 0. The standard InChI is InChI=1S/C13H15FN2O3S/c1-16(13(9-15)6-7-19-10-13)20(17,18)8-11-2-4-12(14)5-3-11/h2-5H,6-8,10H2,1H3/t13-/m0/s1. The van der Waals surface area contributed by atoms with Crippen LogP contribution in [0.3, 0.4) is 0 Å². The van der Waals surface area contributed by atoms with Crippen molar-refractivity contribution >= 4 is 10.0 Å². The van der Waals surface area contributed by atoms with E-state index in [-0.39, 0.29) is 12.4 Å². The Morgan fingerprint density at radius 2 is 2.10 bits per heavy atom. The molecule has 0 aliphatic carbocycles. The molecule has 108 valence electrons. The topological polar surface area (TPSA) is 70.4 Å². The molecule has 0 bridgehead atoms. The number of rotatable bonds is 4. The summed E-state index contributed by atoms with van der Waals surface area (Å²) in [6, 6.07) is 7.31. The molecule has 0 N–H and O–H groups in total. The third-order valence-corrected chi connectivity index (χ3v) is 5.37. The molecule has 2 rings (SSSR count). The highest BCUT2D eigenvalue weighted by Crippen LogP contribution is 2.28. The fourth-order valence-corrected chi connectivity index (χ4v) is 3.64. The maximum absolute atomic E-state index is 12.8. The molecule has 1 aromatic carbocycles. The van der Waals surface area contributed by atoms with E-state index < -0.39 is 21.4 Å². The fourth-order valence-electron chi connectivity index (χ4n) is 2.12. The smallest absolute Gasteiger partial charge is 0.219 e. The van der Waals surface area contributed by atoms with Crippen LogP contribution < -0.4 is 0 Å². The zero-order valence-electron chi connectivity index (χ0n) is 11.0. The van der Waals surface area contributed by atoms with Crippen LogP contribution in [-0.2, 0) is 20.5 Å². The molecule has 0 aromatic heterocycles. The first-order valence-corrected chi connectivity index (χ1v) is 7.71. The lowest BCUT2D eigenvalue weighted by molar-refractivity contribution is 0.162. The van der Waals surface area contributed by atoms with Gasteiger partial charge < -0.3 is 4.74 Å². The molecule has 5 nitrogen and oxygen atoms in total. The summed E-state index contributed by atoms with van der Waals surface area (Å²) in [5.41, 5.74) is -0.663. The highest BCUT2D eigenvalue weighted by molar-refractivity contribution is 7.88. The Morgan fingerprint density at radius 3 is 2.60 bits per heavy atom. The number of hydrogen-bond acceptors (Lipinski definition) is 4. The Kier molecular flexibility index (Phi) is 4.09. The second-order valence-corrected chi connectivity index (χ2v) is 6.80. The third-order valence-electron chi connectivity index (χ3n) is 3.49. The van der Waals surface area contributed by atoms with Gasteiger partial charge in [0.05, 0.1) is 18.4 Å². The van der Waals surface area contributed by atoms with E-state index in [9.17, 15) is 18.1 Å². The molecule has 0 spiro atoms. The zero-order valence-corrected chi connectivity index (χ0v) is 11.9. The molecule has 7 heteroatoms. The summed E-state index contributed by atoms with van der Waals surface area (Å²) in [5, 5.41) is 9.27. The Hall–Kier alpha value is -1.49. The number of benzene rings is 1. The molecule has 0 saturated carbocycles. The van der Waals surface area contributed by atoms with Crippen LogP contribution in [-0.4, -0.2) is 38.5 Å². The van der Waals surface area contributed by atoms with E-state index in [0.29, 0.717) is 18.6 Å². The van der Waals surface area contributed by atoms with Crippen LogP contribution in [0.5, 0.6) is 0 Å². The average molecular weight is 298 g/mol. The minimum absolute atomic E-state index is 0.0721. The average Bonchev–Trinajstić information content (AvgIpc) is 2.90. The molecule has 0 radical (unpaired) electrons. The zero-order chi connectivity index (χ0) is 14.8. The number of sulfonamides is 1. The minimum atomic E-state index is -3.67. The summed E-state index contributed by atoms with van der Waals surface area (Å²) in [7, 11) is -2.29. The summed E-state index contributed by atoms with van der Waals surface area (Å²) in [5.74, 6) is -0.690. The normalized spacial score (nSPS) is 22.9. The van der Waals surface area contributed by atoms with Crippen LogP contribution in [0.25, 0.3) is 0 Å². The molecule has 1 atom stereocenters. The lowest BCUT2D eigenvalue weighted by Crippen LogP contribution is -2.49. The molecule has 20 heavy (non-hydrogen) atoms. The van der Waals surface area contributed by atoms with Crippen LogP contribution in [0.15, 0.2) is 24.3 Å². The third kappa shape index (κ3) is 2.82. The number of halogens is 1. The largest absolute Gasteiger partial charge is 0.378 e. The molecular formula is C13H15FN2O3S. The van der Waals surface area contributed by atoms with Crippen molar-refractivity contribution in [1.82, 2.24) is 4.31 Å². The highest BCUT2D eigenvalue weighted by Gasteiger charge is 2.44. The van der Waals surface area contributed by atoms with Gasteiger partial charge in [0.1, 0.15) is 11.4 Å². The Bertz CT molecular complexity index is 616. The van der Waals surface area contributed by atoms with Crippen LogP contribution in [0.1, 0.15) is 12.0 Å². The number of ether oxygens (including phenoxy) is 1. The van der Waals surface area contributed by atoms with Gasteiger partial charge in [-0.05, 0) is 17.7 Å². The van der Waals surface area contributed by atoms with Crippen molar-refractivity contribution in [2.45, 2.75) is 17.7 Å². The van der Waals surface area contributed by atoms with Gasteiger partial charge in [0.2, 0.25) is 10.0 Å². The van der Waals surface area contributed by atoms with E-state index in [4.69, 9.17) is 4.74 Å². The Morgan fingerprint density at radius 1 is 1.45 bits per heavy atom. The van der Waals surface area contributed by atoms with Gasteiger partial charge in [0.15, 0.2) is 0 Å². The van der Waals surface area contributed by atoms with E-state index in [2.05, 4.69) is 0 Å². The predicted octanol–water partition coefficient (Wildman–Crippen LogP) is 1.27. The quantitative estimate of drug-likeness (QED) is 0.839. The van der Waals surface area contributed by atoms with Gasteiger partial charge in [0.25, 0.3) is 0 Å². The molecule has 1 fully saturated rings. The van der Waals surface area contributed by atoms with Crippen LogP contribution >= 0.6 is 0 Å². The van der Waals surface area contributed by atoms with Crippen LogP contribution in [0.2, 0.25) is 0 Å². The molecule has 1 aromatic rings. The number of nitrogens with zero attached hydrogens (tertiary/aromatic N) is 2. The van der Waals surface area contributed by atoms with Gasteiger partial charge in [-0.1, -0.05) is 12.1 Å². The second kappa shape index (κ2) is 5.48. The van der Waals surface area contributed by atoms with Crippen molar-refractivity contribution in [3.05, 3.63) is 35.6 Å². The van der Waals surface area contributed by atoms with E-state index in [0.717, 1.165) is 4.31 Å². The van der Waals surface area contributed by atoms with Gasteiger partial charge in [-0.3, -0.25) is 0 Å². The Labute approximate surface area is 117 Å². The molecule has 1 aliphatic rings. The molecule has 0 unspecified atom stereocenters. The van der Waals surface area contributed by atoms with Crippen molar-refractivity contribution in [3.8, 4) is 6.07 Å². The molecule has 1 saturated heterocycles. The van der Waals surface area contributed by atoms with E-state index >= 15 is 0 Å². The molecular weight excluding hydrogens is 283 g/mol. The van der Waals surface area contributed by atoms with E-state index in [1.165, 1.54) is 31.3 Å². The van der Waals surface area contributed by atoms with Gasteiger partial charge in [-0.15, -0.1) is 0 Å². The monoisotopic (exact) mass is 298 g/mol. The lowest BCUT2D eigenvalue weighted by Gasteiger charge is -2.30. The van der Waals surface area contributed by atoms with Crippen molar-refractivity contribution in [2.24, 2.45) is 0 Å².